The molecular formula is C13H10BrN3. The van der Waals surface area contributed by atoms with Crippen LogP contribution < -0.4 is 0 Å². The van der Waals surface area contributed by atoms with E-state index in [4.69, 9.17) is 0 Å². The summed E-state index contributed by atoms with van der Waals surface area (Å²) in [7, 11) is 0. The number of hydrogen-bond acceptors (Lipinski definition) is 3. The Morgan fingerprint density at radius 1 is 1.24 bits per heavy atom. The highest BCUT2D eigenvalue weighted by atomic mass is 79.9. The average Bonchev–Trinajstić information content (AvgIpc) is 2.75. The molecule has 1 aromatic heterocycles. The van der Waals surface area contributed by atoms with Gasteiger partial charge in [0.2, 0.25) is 0 Å². The molecule has 1 aliphatic rings. The van der Waals surface area contributed by atoms with E-state index in [0.29, 0.717) is 0 Å². The second kappa shape index (κ2) is 4.04. The molecule has 1 atom stereocenters. The van der Waals surface area contributed by atoms with Crippen molar-refractivity contribution in [3.05, 3.63) is 40.5 Å². The molecule has 4 heteroatoms. The Morgan fingerprint density at radius 2 is 2.12 bits per heavy atom. The zero-order valence-corrected chi connectivity index (χ0v) is 10.8. The fraction of sp³-hybridized carbons (Fsp3) is 0.154. The highest BCUT2D eigenvalue weighted by molar-refractivity contribution is 9.10. The van der Waals surface area contributed by atoms with Gasteiger partial charge in [-0.2, -0.15) is 0 Å². The zero-order valence-electron chi connectivity index (χ0n) is 9.26. The predicted molar refractivity (Wildman–Crippen MR) is 73.9 cm³/mol. The molecule has 2 heterocycles. The van der Waals surface area contributed by atoms with Gasteiger partial charge in [-0.15, -0.1) is 0 Å². The molecule has 0 saturated heterocycles. The monoisotopic (exact) mass is 287 g/mol. The maximum Gasteiger partial charge on any atom is 0.137 e. The third-order valence-corrected chi connectivity index (χ3v) is 3.17. The van der Waals surface area contributed by atoms with Crippen molar-refractivity contribution in [2.75, 3.05) is 0 Å². The number of aliphatic imine (C=N–C) groups is 2. The van der Waals surface area contributed by atoms with Crippen molar-refractivity contribution in [3.8, 4) is 0 Å². The van der Waals surface area contributed by atoms with Gasteiger partial charge in [-0.25, -0.2) is 0 Å². The Bertz CT molecular complexity index is 646. The van der Waals surface area contributed by atoms with Crippen LogP contribution in [0.3, 0.4) is 0 Å². The van der Waals surface area contributed by atoms with E-state index in [1.165, 1.54) is 0 Å². The summed E-state index contributed by atoms with van der Waals surface area (Å²) in [5.41, 5.74) is 2.91. The molecule has 1 unspecified atom stereocenters. The summed E-state index contributed by atoms with van der Waals surface area (Å²) in [5.74, 6) is 0. The van der Waals surface area contributed by atoms with Crippen molar-refractivity contribution in [1.82, 2.24) is 4.98 Å². The summed E-state index contributed by atoms with van der Waals surface area (Å²) < 4.78 is 1.05. The summed E-state index contributed by atoms with van der Waals surface area (Å²) in [4.78, 5) is 13.1. The minimum Gasteiger partial charge on any atom is -0.265 e. The van der Waals surface area contributed by atoms with Gasteiger partial charge in [-0.3, -0.25) is 15.0 Å². The van der Waals surface area contributed by atoms with Gasteiger partial charge in [0.05, 0.1) is 11.2 Å². The lowest BCUT2D eigenvalue weighted by Crippen LogP contribution is -2.00. The van der Waals surface area contributed by atoms with Crippen LogP contribution in [0, 0.1) is 0 Å². The summed E-state index contributed by atoms with van der Waals surface area (Å²) in [5, 5.41) is 1.10. The van der Waals surface area contributed by atoms with E-state index >= 15 is 0 Å². The predicted octanol–water partition coefficient (Wildman–Crippen LogP) is 3.22. The van der Waals surface area contributed by atoms with Gasteiger partial charge in [0.1, 0.15) is 6.17 Å². The molecule has 84 valence electrons. The summed E-state index contributed by atoms with van der Waals surface area (Å²) in [6.07, 6.45) is 3.69. The largest absolute Gasteiger partial charge is 0.265 e. The Labute approximate surface area is 107 Å². The van der Waals surface area contributed by atoms with E-state index in [1.54, 1.807) is 0 Å². The molecule has 1 aromatic carbocycles. The molecule has 2 aromatic rings. The van der Waals surface area contributed by atoms with E-state index in [2.05, 4.69) is 43.0 Å². The van der Waals surface area contributed by atoms with Gasteiger partial charge in [0.15, 0.2) is 0 Å². The Hall–Kier alpha value is -1.55. The molecule has 0 radical (unpaired) electrons. The minimum absolute atomic E-state index is 0.0307. The smallest absolute Gasteiger partial charge is 0.137 e. The van der Waals surface area contributed by atoms with Crippen molar-refractivity contribution < 1.29 is 0 Å². The Kier molecular flexibility index (Phi) is 2.52. The van der Waals surface area contributed by atoms with E-state index in [9.17, 15) is 0 Å². The van der Waals surface area contributed by atoms with Crippen molar-refractivity contribution in [2.45, 2.75) is 13.1 Å². The molecule has 0 saturated carbocycles. The van der Waals surface area contributed by atoms with Gasteiger partial charge in [-0.05, 0) is 31.2 Å². The molecule has 0 amide bonds. The van der Waals surface area contributed by atoms with Crippen LogP contribution in [0.25, 0.3) is 10.9 Å². The maximum absolute atomic E-state index is 4.43. The first-order chi connectivity index (χ1) is 8.22. The Morgan fingerprint density at radius 3 is 2.88 bits per heavy atom. The average molecular weight is 288 g/mol. The van der Waals surface area contributed by atoms with Crippen LogP contribution in [0.15, 0.2) is 44.9 Å². The van der Waals surface area contributed by atoms with E-state index < -0.39 is 0 Å². The standard InChI is InChI=1S/C13H10BrN3/c1-8-15-7-13(17-8)10-4-9-5-11(14)2-3-12(9)16-6-10/h2-8H,1H3. The summed E-state index contributed by atoms with van der Waals surface area (Å²) in [6.45, 7) is 1.97. The van der Waals surface area contributed by atoms with Crippen LogP contribution in [0.5, 0.6) is 0 Å². The van der Waals surface area contributed by atoms with Crippen LogP contribution in [0.2, 0.25) is 0 Å². The fourth-order valence-corrected chi connectivity index (χ4v) is 2.22. The van der Waals surface area contributed by atoms with Gasteiger partial charge in [0, 0.05) is 27.8 Å². The molecule has 0 spiro atoms. The normalized spacial score (nSPS) is 18.7. The van der Waals surface area contributed by atoms with Gasteiger partial charge >= 0.3 is 0 Å². The summed E-state index contributed by atoms with van der Waals surface area (Å²) in [6, 6.07) is 8.14. The highest BCUT2D eigenvalue weighted by Gasteiger charge is 2.10. The molecule has 1 aliphatic heterocycles. The molecule has 3 nitrogen and oxygen atoms in total. The van der Waals surface area contributed by atoms with Crippen LogP contribution in [0.1, 0.15) is 12.5 Å². The SMILES string of the molecule is CC1N=CC(c2cnc3ccc(Br)cc3c2)=N1. The van der Waals surface area contributed by atoms with Crippen molar-refractivity contribution >= 4 is 38.8 Å². The third-order valence-electron chi connectivity index (χ3n) is 2.68. The molecule has 0 aliphatic carbocycles. The number of nitrogens with zero attached hydrogens (tertiary/aromatic N) is 3. The van der Waals surface area contributed by atoms with Crippen LogP contribution in [-0.2, 0) is 0 Å². The molecule has 0 fully saturated rings. The molecule has 0 bridgehead atoms. The van der Waals surface area contributed by atoms with Gasteiger partial charge in [0.25, 0.3) is 0 Å². The minimum atomic E-state index is 0.0307. The lowest BCUT2D eigenvalue weighted by Gasteiger charge is -2.02. The second-order valence-corrected chi connectivity index (χ2v) is 4.90. The fourth-order valence-electron chi connectivity index (χ4n) is 1.84. The Balaban J connectivity index is 2.13. The second-order valence-electron chi connectivity index (χ2n) is 3.99. The van der Waals surface area contributed by atoms with Crippen LogP contribution in [-0.4, -0.2) is 23.1 Å². The first-order valence-electron chi connectivity index (χ1n) is 5.39. The molecule has 3 rings (SSSR count). The van der Waals surface area contributed by atoms with E-state index in [1.807, 2.05) is 31.5 Å². The number of aromatic nitrogens is 1. The summed E-state index contributed by atoms with van der Waals surface area (Å²) >= 11 is 3.47. The van der Waals surface area contributed by atoms with Crippen molar-refractivity contribution in [1.29, 1.82) is 0 Å². The third kappa shape index (κ3) is 2.00. The van der Waals surface area contributed by atoms with Gasteiger partial charge in [-0.1, -0.05) is 15.9 Å². The quantitative estimate of drug-likeness (QED) is 0.794. The topological polar surface area (TPSA) is 37.6 Å². The number of pyridine rings is 1. The van der Waals surface area contributed by atoms with Crippen molar-refractivity contribution in [2.24, 2.45) is 9.98 Å². The molecular weight excluding hydrogens is 278 g/mol. The maximum atomic E-state index is 4.43. The van der Waals surface area contributed by atoms with Crippen LogP contribution >= 0.6 is 15.9 Å². The lowest BCUT2D eigenvalue weighted by molar-refractivity contribution is 0.816. The van der Waals surface area contributed by atoms with Crippen molar-refractivity contribution in [3.63, 3.8) is 0 Å². The first-order valence-corrected chi connectivity index (χ1v) is 6.18. The van der Waals surface area contributed by atoms with Gasteiger partial charge < -0.3 is 0 Å². The number of fused-ring (bicyclic) bond motifs is 1. The van der Waals surface area contributed by atoms with E-state index in [0.717, 1.165) is 26.7 Å². The highest BCUT2D eigenvalue weighted by Crippen LogP contribution is 2.20. The van der Waals surface area contributed by atoms with Crippen LogP contribution in [0.4, 0.5) is 0 Å². The first kappa shape index (κ1) is 10.6. The number of hydrogen-bond donors (Lipinski definition) is 0. The molecule has 17 heavy (non-hydrogen) atoms. The number of halogens is 1. The molecule has 0 N–H and O–H groups in total. The number of benzene rings is 1. The van der Waals surface area contributed by atoms with E-state index in [-0.39, 0.29) is 6.17 Å². The lowest BCUT2D eigenvalue weighted by atomic mass is 10.1. The number of rotatable bonds is 1. The zero-order chi connectivity index (χ0) is 11.8.